The first-order chi connectivity index (χ1) is 5.12. The van der Waals surface area contributed by atoms with Crippen molar-refractivity contribution >= 4 is 15.9 Å². The Hall–Kier alpha value is 0.440. The van der Waals surface area contributed by atoms with E-state index < -0.39 is 0 Å². The normalized spacial score (nSPS) is 12.0. The number of nitrogens with zero attached hydrogens (tertiary/aromatic N) is 1. The van der Waals surface area contributed by atoms with Crippen LogP contribution < -0.4 is 0 Å². The number of unbranched alkanes of at least 4 members (excludes halogenated alkanes) is 3. The highest BCUT2D eigenvalue weighted by Gasteiger charge is 2.10. The van der Waals surface area contributed by atoms with Gasteiger partial charge in [0.1, 0.15) is 5.45 Å². The summed E-state index contributed by atoms with van der Waals surface area (Å²) in [5.41, 5.74) is 1.07. The lowest BCUT2D eigenvalue weighted by Gasteiger charge is -2.26. The summed E-state index contributed by atoms with van der Waals surface area (Å²) in [5, 5.41) is 0. The highest BCUT2D eigenvalue weighted by Crippen LogP contribution is 2.06. The van der Waals surface area contributed by atoms with Crippen LogP contribution in [0.1, 0.15) is 32.6 Å². The molecule has 0 aromatic heterocycles. The summed E-state index contributed by atoms with van der Waals surface area (Å²) in [5.74, 6) is 0. The fourth-order valence-corrected chi connectivity index (χ4v) is 1.28. The molecule has 0 aliphatic heterocycles. The standard InChI is InChI=1S/C9H21BrN/c1-4-5-6-7-8-11(2,3)9-10/h4-9H2,1-3H3/q+1. The molecular weight excluding hydrogens is 202 g/mol. The lowest BCUT2D eigenvalue weighted by atomic mass is 10.2. The highest BCUT2D eigenvalue weighted by atomic mass is 79.9. The van der Waals surface area contributed by atoms with Crippen LogP contribution in [0.2, 0.25) is 0 Å². The fraction of sp³-hybridized carbons (Fsp3) is 1.00. The van der Waals surface area contributed by atoms with Gasteiger partial charge in [-0.2, -0.15) is 0 Å². The molecule has 68 valence electrons. The van der Waals surface area contributed by atoms with Crippen molar-refractivity contribution < 1.29 is 4.48 Å². The Morgan fingerprint density at radius 2 is 1.73 bits per heavy atom. The zero-order chi connectivity index (χ0) is 8.74. The van der Waals surface area contributed by atoms with Crippen LogP contribution in [0.25, 0.3) is 0 Å². The van der Waals surface area contributed by atoms with Crippen molar-refractivity contribution in [3.63, 3.8) is 0 Å². The maximum absolute atomic E-state index is 3.51. The molecule has 0 aliphatic rings. The van der Waals surface area contributed by atoms with E-state index in [2.05, 4.69) is 36.9 Å². The van der Waals surface area contributed by atoms with E-state index in [1.165, 1.54) is 32.2 Å². The third-order valence-corrected chi connectivity index (χ3v) is 3.30. The lowest BCUT2D eigenvalue weighted by molar-refractivity contribution is -0.876. The zero-order valence-electron chi connectivity index (χ0n) is 8.07. The van der Waals surface area contributed by atoms with E-state index in [1.54, 1.807) is 0 Å². The average molecular weight is 223 g/mol. The number of hydrogen-bond acceptors (Lipinski definition) is 0. The molecule has 1 nitrogen and oxygen atoms in total. The molecule has 0 N–H and O–H groups in total. The van der Waals surface area contributed by atoms with E-state index in [0.717, 1.165) is 9.94 Å². The molecule has 0 bridgehead atoms. The molecule has 0 radical (unpaired) electrons. The van der Waals surface area contributed by atoms with E-state index in [0.29, 0.717) is 0 Å². The second-order valence-electron chi connectivity index (χ2n) is 3.84. The Bertz CT molecular complexity index is 91.6. The number of rotatable bonds is 6. The maximum Gasteiger partial charge on any atom is 0.133 e. The number of hydrogen-bond donors (Lipinski definition) is 0. The van der Waals surface area contributed by atoms with Crippen molar-refractivity contribution in [2.75, 3.05) is 26.1 Å². The summed E-state index contributed by atoms with van der Waals surface area (Å²) in [6.45, 7) is 3.55. The van der Waals surface area contributed by atoms with Crippen molar-refractivity contribution in [1.82, 2.24) is 0 Å². The Morgan fingerprint density at radius 3 is 2.18 bits per heavy atom. The number of halogens is 1. The molecule has 0 heterocycles. The van der Waals surface area contributed by atoms with Gasteiger partial charge in [0.05, 0.1) is 20.6 Å². The summed E-state index contributed by atoms with van der Waals surface area (Å²) in [6, 6.07) is 0. The van der Waals surface area contributed by atoms with Gasteiger partial charge >= 0.3 is 0 Å². The second-order valence-corrected chi connectivity index (χ2v) is 4.34. The predicted molar refractivity (Wildman–Crippen MR) is 54.9 cm³/mol. The monoisotopic (exact) mass is 222 g/mol. The Kier molecular flexibility index (Phi) is 6.25. The minimum atomic E-state index is 1.07. The minimum absolute atomic E-state index is 1.07. The summed E-state index contributed by atoms with van der Waals surface area (Å²) in [7, 11) is 4.53. The summed E-state index contributed by atoms with van der Waals surface area (Å²) < 4.78 is 1.10. The molecular formula is C9H21BrN+. The molecule has 0 aromatic rings. The number of alkyl halides is 1. The van der Waals surface area contributed by atoms with Crippen molar-refractivity contribution in [3.05, 3.63) is 0 Å². The molecule has 0 atom stereocenters. The first-order valence-electron chi connectivity index (χ1n) is 4.50. The average Bonchev–Trinajstić information content (AvgIpc) is 1.99. The van der Waals surface area contributed by atoms with Gasteiger partial charge in [-0.05, 0) is 28.8 Å². The van der Waals surface area contributed by atoms with Crippen LogP contribution in [0.15, 0.2) is 0 Å². The van der Waals surface area contributed by atoms with Gasteiger partial charge in [0.15, 0.2) is 0 Å². The van der Waals surface area contributed by atoms with Crippen LogP contribution >= 0.6 is 15.9 Å². The van der Waals surface area contributed by atoms with Crippen molar-refractivity contribution in [3.8, 4) is 0 Å². The molecule has 0 fully saturated rings. The third kappa shape index (κ3) is 6.82. The predicted octanol–water partition coefficient (Wildman–Crippen LogP) is 3.00. The molecule has 0 aromatic carbocycles. The van der Waals surface area contributed by atoms with Gasteiger partial charge in [-0.1, -0.05) is 19.8 Å². The van der Waals surface area contributed by atoms with Crippen LogP contribution in [0.4, 0.5) is 0 Å². The van der Waals surface area contributed by atoms with Crippen LogP contribution in [-0.4, -0.2) is 30.6 Å². The SMILES string of the molecule is CCCCCC[N+](C)(C)CBr. The summed E-state index contributed by atoms with van der Waals surface area (Å²) in [6.07, 6.45) is 5.49. The van der Waals surface area contributed by atoms with Crippen molar-refractivity contribution in [2.24, 2.45) is 0 Å². The highest BCUT2D eigenvalue weighted by molar-refractivity contribution is 9.09. The van der Waals surface area contributed by atoms with Crippen LogP contribution in [-0.2, 0) is 0 Å². The van der Waals surface area contributed by atoms with Gasteiger partial charge in [0, 0.05) is 0 Å². The van der Waals surface area contributed by atoms with E-state index >= 15 is 0 Å². The van der Waals surface area contributed by atoms with E-state index in [9.17, 15) is 0 Å². The van der Waals surface area contributed by atoms with Crippen LogP contribution in [0.5, 0.6) is 0 Å². The fourth-order valence-electron chi connectivity index (χ4n) is 1.03. The topological polar surface area (TPSA) is 0 Å². The van der Waals surface area contributed by atoms with Gasteiger partial charge < -0.3 is 4.48 Å². The molecule has 2 heteroatoms. The second kappa shape index (κ2) is 6.01. The Labute approximate surface area is 79.5 Å². The van der Waals surface area contributed by atoms with Crippen molar-refractivity contribution in [2.45, 2.75) is 32.6 Å². The molecule has 11 heavy (non-hydrogen) atoms. The quantitative estimate of drug-likeness (QED) is 0.281. The van der Waals surface area contributed by atoms with Crippen LogP contribution in [0.3, 0.4) is 0 Å². The zero-order valence-corrected chi connectivity index (χ0v) is 9.65. The first-order valence-corrected chi connectivity index (χ1v) is 5.62. The van der Waals surface area contributed by atoms with E-state index in [1.807, 2.05) is 0 Å². The summed E-state index contributed by atoms with van der Waals surface area (Å²) in [4.78, 5) is 0. The lowest BCUT2D eigenvalue weighted by Crippen LogP contribution is -2.38. The Balaban J connectivity index is 3.23. The van der Waals surface area contributed by atoms with E-state index in [-0.39, 0.29) is 0 Å². The molecule has 0 spiro atoms. The molecule has 0 unspecified atom stereocenters. The van der Waals surface area contributed by atoms with Gasteiger partial charge in [-0.15, -0.1) is 0 Å². The van der Waals surface area contributed by atoms with Gasteiger partial charge in [-0.3, -0.25) is 0 Å². The van der Waals surface area contributed by atoms with Gasteiger partial charge in [0.25, 0.3) is 0 Å². The van der Waals surface area contributed by atoms with Crippen molar-refractivity contribution in [1.29, 1.82) is 0 Å². The van der Waals surface area contributed by atoms with Crippen LogP contribution in [0, 0.1) is 0 Å². The summed E-state index contributed by atoms with van der Waals surface area (Å²) >= 11 is 3.51. The van der Waals surface area contributed by atoms with E-state index in [4.69, 9.17) is 0 Å². The smallest absolute Gasteiger partial charge is 0.133 e. The third-order valence-electron chi connectivity index (χ3n) is 1.94. The first kappa shape index (κ1) is 11.4. The van der Waals surface area contributed by atoms with Gasteiger partial charge in [0.2, 0.25) is 0 Å². The maximum atomic E-state index is 3.51. The number of quaternary nitrogens is 1. The molecule has 0 aliphatic carbocycles. The molecule has 0 amide bonds. The largest absolute Gasteiger partial charge is 0.320 e. The minimum Gasteiger partial charge on any atom is -0.320 e. The molecule has 0 saturated heterocycles. The van der Waals surface area contributed by atoms with Gasteiger partial charge in [-0.25, -0.2) is 0 Å². The molecule has 0 rings (SSSR count). The molecule has 0 saturated carbocycles. The Morgan fingerprint density at radius 1 is 1.09 bits per heavy atom.